The normalized spacial score (nSPS) is 18.1. The summed E-state index contributed by atoms with van der Waals surface area (Å²) in [4.78, 5) is 6.63. The fourth-order valence-corrected chi connectivity index (χ4v) is 4.23. The third-order valence-corrected chi connectivity index (χ3v) is 5.72. The van der Waals surface area contributed by atoms with E-state index in [4.69, 9.17) is 26.8 Å². The first-order chi connectivity index (χ1) is 14.1. The van der Waals surface area contributed by atoms with Gasteiger partial charge in [-0.2, -0.15) is 5.26 Å². The van der Waals surface area contributed by atoms with E-state index in [1.165, 1.54) is 5.56 Å². The molecule has 5 rings (SSSR count). The first-order valence-electron chi connectivity index (χ1n) is 9.57. The molecular weight excluding hydrogens is 388 g/mol. The Labute approximate surface area is 173 Å². The number of halogens is 1. The van der Waals surface area contributed by atoms with E-state index in [9.17, 15) is 5.26 Å². The van der Waals surface area contributed by atoms with E-state index in [0.717, 1.165) is 41.7 Å². The van der Waals surface area contributed by atoms with Gasteiger partial charge in [0.15, 0.2) is 0 Å². The molecule has 1 atom stereocenters. The monoisotopic (exact) mass is 406 g/mol. The van der Waals surface area contributed by atoms with Gasteiger partial charge in [-0.15, -0.1) is 0 Å². The molecule has 1 unspecified atom stereocenters. The zero-order chi connectivity index (χ0) is 20.0. The van der Waals surface area contributed by atoms with Gasteiger partial charge in [-0.1, -0.05) is 17.7 Å². The third kappa shape index (κ3) is 3.13. The molecule has 1 aromatic heterocycles. The van der Waals surface area contributed by atoms with Gasteiger partial charge in [-0.25, -0.2) is 0 Å². The van der Waals surface area contributed by atoms with Gasteiger partial charge in [0.2, 0.25) is 0 Å². The second-order valence-electron chi connectivity index (χ2n) is 7.32. The summed E-state index contributed by atoms with van der Waals surface area (Å²) in [5.41, 5.74) is 11.1. The smallest absolute Gasteiger partial charge is 0.144 e. The molecule has 3 heterocycles. The Balaban J connectivity index is 1.64. The van der Waals surface area contributed by atoms with Gasteiger partial charge in [0.1, 0.15) is 17.9 Å². The highest BCUT2D eigenvalue weighted by Crippen LogP contribution is 2.42. The number of nitrogens with zero attached hydrogens (tertiary/aromatic N) is 3. The largest absolute Gasteiger partial charge is 0.486 e. The van der Waals surface area contributed by atoms with Crippen LogP contribution in [0, 0.1) is 11.3 Å². The highest BCUT2D eigenvalue weighted by atomic mass is 35.5. The van der Waals surface area contributed by atoms with Gasteiger partial charge < -0.3 is 20.1 Å². The molecule has 146 valence electrons. The predicted molar refractivity (Wildman–Crippen MR) is 113 cm³/mol. The molecule has 2 aliphatic rings. The summed E-state index contributed by atoms with van der Waals surface area (Å²) in [6.07, 6.45) is 3.34. The van der Waals surface area contributed by atoms with Crippen molar-refractivity contribution in [3.05, 3.63) is 52.7 Å². The summed E-state index contributed by atoms with van der Waals surface area (Å²) >= 11 is 6.24. The van der Waals surface area contributed by atoms with E-state index in [0.29, 0.717) is 35.2 Å². The van der Waals surface area contributed by atoms with Crippen LogP contribution < -0.4 is 15.4 Å². The minimum atomic E-state index is 0.000188. The maximum Gasteiger partial charge on any atom is 0.144 e. The van der Waals surface area contributed by atoms with Crippen molar-refractivity contribution < 1.29 is 9.47 Å². The van der Waals surface area contributed by atoms with Crippen molar-refractivity contribution in [2.75, 3.05) is 30.4 Å². The average Bonchev–Trinajstić information content (AvgIpc) is 3.37. The summed E-state index contributed by atoms with van der Waals surface area (Å²) in [6, 6.07) is 11.9. The first kappa shape index (κ1) is 18.0. The standard InChI is InChI=1S/C22H19ClN4O2/c23-15-2-1-13-3-5-27(20(13)7-15)22-14(10-24)11-26-19-9-21(18(25)8-17(19)22)29-16-4-6-28-12-16/h1-2,7-9,11,16H,3-6,12,25H2. The van der Waals surface area contributed by atoms with E-state index in [-0.39, 0.29) is 6.10 Å². The number of aromatic nitrogens is 1. The lowest BCUT2D eigenvalue weighted by molar-refractivity contribution is 0.142. The Bertz CT molecular complexity index is 1150. The summed E-state index contributed by atoms with van der Waals surface area (Å²) in [7, 11) is 0. The molecule has 1 saturated heterocycles. The van der Waals surface area contributed by atoms with Crippen LogP contribution in [0.5, 0.6) is 5.75 Å². The second kappa shape index (κ2) is 7.11. The molecule has 2 N–H and O–H groups in total. The van der Waals surface area contributed by atoms with Crippen LogP contribution in [0.3, 0.4) is 0 Å². The minimum absolute atomic E-state index is 0.000188. The van der Waals surface area contributed by atoms with Crippen molar-refractivity contribution in [3.63, 3.8) is 0 Å². The highest BCUT2D eigenvalue weighted by molar-refractivity contribution is 6.31. The zero-order valence-electron chi connectivity index (χ0n) is 15.7. The highest BCUT2D eigenvalue weighted by Gasteiger charge is 2.26. The summed E-state index contributed by atoms with van der Waals surface area (Å²) in [6.45, 7) is 2.03. The van der Waals surface area contributed by atoms with Gasteiger partial charge in [0.05, 0.1) is 35.7 Å². The Hall–Kier alpha value is -3.01. The molecule has 6 nitrogen and oxygen atoms in total. The van der Waals surface area contributed by atoms with Crippen LogP contribution in [-0.4, -0.2) is 30.8 Å². The molecular formula is C22H19ClN4O2. The van der Waals surface area contributed by atoms with Crippen molar-refractivity contribution in [1.29, 1.82) is 5.26 Å². The molecule has 0 saturated carbocycles. The molecule has 0 bridgehead atoms. The van der Waals surface area contributed by atoms with Gasteiger partial charge in [0.25, 0.3) is 0 Å². The van der Waals surface area contributed by atoms with Crippen LogP contribution in [0.25, 0.3) is 10.9 Å². The number of benzene rings is 2. The predicted octanol–water partition coefficient (Wildman–Crippen LogP) is 4.20. The molecule has 0 radical (unpaired) electrons. The lowest BCUT2D eigenvalue weighted by Crippen LogP contribution is -2.17. The van der Waals surface area contributed by atoms with Gasteiger partial charge in [-0.3, -0.25) is 4.98 Å². The van der Waals surface area contributed by atoms with Crippen LogP contribution in [0.1, 0.15) is 17.5 Å². The topological polar surface area (TPSA) is 84.4 Å². The maximum atomic E-state index is 9.74. The number of anilines is 3. The molecule has 0 spiro atoms. The van der Waals surface area contributed by atoms with Crippen molar-refractivity contribution in [1.82, 2.24) is 4.98 Å². The van der Waals surface area contributed by atoms with Crippen LogP contribution in [0.15, 0.2) is 36.5 Å². The zero-order valence-corrected chi connectivity index (χ0v) is 16.4. The third-order valence-electron chi connectivity index (χ3n) is 5.49. The SMILES string of the molecule is N#Cc1cnc2cc(OC3CCOC3)c(N)cc2c1N1CCc2ccc(Cl)cc21. The molecule has 0 amide bonds. The quantitative estimate of drug-likeness (QED) is 0.656. The lowest BCUT2D eigenvalue weighted by atomic mass is 10.1. The Kier molecular flexibility index (Phi) is 4.42. The van der Waals surface area contributed by atoms with Crippen molar-refractivity contribution >= 4 is 39.6 Å². The molecule has 7 heteroatoms. The fraction of sp³-hybridized carbons (Fsp3) is 0.273. The van der Waals surface area contributed by atoms with Crippen molar-refractivity contribution in [2.24, 2.45) is 0 Å². The van der Waals surface area contributed by atoms with E-state index in [1.807, 2.05) is 30.3 Å². The number of ether oxygens (including phenoxy) is 2. The number of hydrogen-bond donors (Lipinski definition) is 1. The molecule has 29 heavy (non-hydrogen) atoms. The first-order valence-corrected chi connectivity index (χ1v) is 9.94. The summed E-state index contributed by atoms with van der Waals surface area (Å²) < 4.78 is 11.4. The van der Waals surface area contributed by atoms with E-state index >= 15 is 0 Å². The van der Waals surface area contributed by atoms with Gasteiger partial charge in [0, 0.05) is 41.3 Å². The van der Waals surface area contributed by atoms with E-state index in [2.05, 4.69) is 16.0 Å². The van der Waals surface area contributed by atoms with Crippen LogP contribution in [0.4, 0.5) is 17.1 Å². The number of pyridine rings is 1. The van der Waals surface area contributed by atoms with Gasteiger partial charge >= 0.3 is 0 Å². The molecule has 0 aliphatic carbocycles. The Morgan fingerprint density at radius 3 is 3.00 bits per heavy atom. The summed E-state index contributed by atoms with van der Waals surface area (Å²) in [5.74, 6) is 0.598. The number of fused-ring (bicyclic) bond motifs is 2. The van der Waals surface area contributed by atoms with E-state index < -0.39 is 0 Å². The molecule has 1 fully saturated rings. The number of rotatable bonds is 3. The minimum Gasteiger partial charge on any atom is -0.486 e. The lowest BCUT2D eigenvalue weighted by Gasteiger charge is -2.23. The fourth-order valence-electron chi connectivity index (χ4n) is 4.07. The number of nitrogen functional groups attached to an aromatic ring is 1. The number of hydrogen-bond acceptors (Lipinski definition) is 6. The van der Waals surface area contributed by atoms with Crippen LogP contribution in [0.2, 0.25) is 5.02 Å². The molecule has 2 aliphatic heterocycles. The molecule has 2 aromatic carbocycles. The van der Waals surface area contributed by atoms with E-state index in [1.54, 1.807) is 6.20 Å². The van der Waals surface area contributed by atoms with Crippen LogP contribution in [-0.2, 0) is 11.2 Å². The summed E-state index contributed by atoms with van der Waals surface area (Å²) in [5, 5.41) is 11.2. The Morgan fingerprint density at radius 2 is 2.21 bits per heavy atom. The van der Waals surface area contributed by atoms with Gasteiger partial charge in [-0.05, 0) is 30.2 Å². The number of nitriles is 1. The second-order valence-corrected chi connectivity index (χ2v) is 7.75. The maximum absolute atomic E-state index is 9.74. The number of nitrogens with two attached hydrogens (primary N) is 1. The Morgan fingerprint density at radius 1 is 1.31 bits per heavy atom. The van der Waals surface area contributed by atoms with Crippen LogP contribution >= 0.6 is 11.6 Å². The average molecular weight is 407 g/mol. The van der Waals surface area contributed by atoms with Crippen molar-refractivity contribution in [2.45, 2.75) is 18.9 Å². The van der Waals surface area contributed by atoms with Crippen molar-refractivity contribution in [3.8, 4) is 11.8 Å². The molecule has 3 aromatic rings.